The summed E-state index contributed by atoms with van der Waals surface area (Å²) in [5.41, 5.74) is 1.88. The summed E-state index contributed by atoms with van der Waals surface area (Å²) in [5, 5.41) is 3.76. The predicted molar refractivity (Wildman–Crippen MR) is 118 cm³/mol. The summed E-state index contributed by atoms with van der Waals surface area (Å²) in [6.07, 6.45) is 2.93. The fraction of sp³-hybridized carbons (Fsp3) is 0.542. The molecule has 1 aromatic carbocycles. The van der Waals surface area contributed by atoms with Gasteiger partial charge in [-0.2, -0.15) is 11.3 Å². The van der Waals surface area contributed by atoms with E-state index in [1.54, 1.807) is 14.2 Å². The van der Waals surface area contributed by atoms with Crippen LogP contribution in [0.3, 0.4) is 0 Å². The molecule has 0 saturated heterocycles. The first kappa shape index (κ1) is 22.3. The van der Waals surface area contributed by atoms with Crippen molar-refractivity contribution in [3.05, 3.63) is 45.6 Å². The van der Waals surface area contributed by atoms with Gasteiger partial charge in [0, 0.05) is 48.1 Å². The second kappa shape index (κ2) is 9.28. The third-order valence-electron chi connectivity index (χ3n) is 6.34. The van der Waals surface area contributed by atoms with Gasteiger partial charge in [0.15, 0.2) is 12.6 Å². The van der Waals surface area contributed by atoms with Crippen molar-refractivity contribution in [2.75, 3.05) is 27.8 Å². The molecule has 1 fully saturated rings. The molecule has 3 atom stereocenters. The summed E-state index contributed by atoms with van der Waals surface area (Å²) in [4.78, 5) is 13.1. The van der Waals surface area contributed by atoms with Crippen LogP contribution in [0, 0.1) is 5.92 Å². The summed E-state index contributed by atoms with van der Waals surface area (Å²) in [6, 6.07) is 5.53. The van der Waals surface area contributed by atoms with Crippen molar-refractivity contribution in [2.45, 2.75) is 50.7 Å². The molecule has 0 radical (unpaired) electrons. The average Bonchev–Trinajstić information content (AvgIpc) is 3.29. The Bertz CT molecular complexity index is 907. The van der Waals surface area contributed by atoms with Crippen LogP contribution in [0.4, 0.5) is 0 Å². The quantitative estimate of drug-likeness (QED) is 0.420. The first-order chi connectivity index (χ1) is 14.9. The van der Waals surface area contributed by atoms with Gasteiger partial charge in [-0.25, -0.2) is 0 Å². The highest BCUT2D eigenvalue weighted by Gasteiger charge is 2.48. The van der Waals surface area contributed by atoms with Crippen LogP contribution in [-0.2, 0) is 14.2 Å². The van der Waals surface area contributed by atoms with Crippen LogP contribution in [0.15, 0.2) is 29.0 Å². The second-order valence-electron chi connectivity index (χ2n) is 8.70. The topological polar surface area (TPSA) is 63.2 Å². The molecule has 6 nitrogen and oxygen atoms in total. The smallest absolute Gasteiger partial charge is 0.194 e. The number of carbonyl (C=O) groups is 1. The average molecular weight is 447 g/mol. The van der Waals surface area contributed by atoms with E-state index in [1.807, 2.05) is 29.0 Å². The minimum absolute atomic E-state index is 0.0419. The van der Waals surface area contributed by atoms with Crippen LogP contribution in [0.1, 0.15) is 60.5 Å². The Labute approximate surface area is 187 Å². The van der Waals surface area contributed by atoms with E-state index in [2.05, 4.69) is 13.8 Å². The van der Waals surface area contributed by atoms with E-state index in [0.717, 1.165) is 24.8 Å². The van der Waals surface area contributed by atoms with Gasteiger partial charge in [0.25, 0.3) is 0 Å². The highest BCUT2D eigenvalue weighted by atomic mass is 32.1. The first-order valence-electron chi connectivity index (χ1n) is 10.6. The number of ether oxygens (including phenoxy) is 5. The third kappa shape index (κ3) is 4.51. The number of hydrogen-bond acceptors (Lipinski definition) is 7. The molecule has 168 valence electrons. The predicted octanol–water partition coefficient (Wildman–Crippen LogP) is 5.01. The zero-order chi connectivity index (χ0) is 22.0. The molecule has 2 aliphatic rings. The van der Waals surface area contributed by atoms with Crippen molar-refractivity contribution in [2.24, 2.45) is 5.92 Å². The van der Waals surface area contributed by atoms with Crippen molar-refractivity contribution >= 4 is 17.1 Å². The molecule has 0 spiro atoms. The highest BCUT2D eigenvalue weighted by Crippen LogP contribution is 2.55. The largest absolute Gasteiger partial charge is 0.487 e. The Kier molecular flexibility index (Phi) is 6.67. The molecule has 31 heavy (non-hydrogen) atoms. The number of rotatable bonds is 8. The fourth-order valence-electron chi connectivity index (χ4n) is 4.94. The Balaban J connectivity index is 1.76. The van der Waals surface area contributed by atoms with Gasteiger partial charge in [0.2, 0.25) is 0 Å². The van der Waals surface area contributed by atoms with Gasteiger partial charge < -0.3 is 23.7 Å². The van der Waals surface area contributed by atoms with E-state index in [0.29, 0.717) is 28.5 Å². The van der Waals surface area contributed by atoms with E-state index in [4.69, 9.17) is 23.7 Å². The molecular formula is C24H30O6S. The highest BCUT2D eigenvalue weighted by molar-refractivity contribution is 7.08. The molecule has 2 aromatic rings. The lowest BCUT2D eigenvalue weighted by Gasteiger charge is -2.49. The lowest BCUT2D eigenvalue weighted by atomic mass is 9.65. The molecule has 1 aromatic heterocycles. The molecular weight excluding hydrogens is 416 g/mol. The normalized spacial score (nSPS) is 24.1. The third-order valence-corrected chi connectivity index (χ3v) is 7.03. The maximum Gasteiger partial charge on any atom is 0.194 e. The standard InChI is InChI=1S/C24H30O6S/c1-24(2)19-6-5-17(28-13-26-3)11-18(19)22-20(29-14-27-4)9-16(10-21(22)30-24)23(25)15-7-8-31-12-15/h7-10,12,17-19H,5-6,11,13-14H2,1-4H3/t17-,18-,19-/m1/s1. The zero-order valence-corrected chi connectivity index (χ0v) is 19.3. The van der Waals surface area contributed by atoms with Crippen molar-refractivity contribution < 1.29 is 28.5 Å². The molecule has 2 heterocycles. The van der Waals surface area contributed by atoms with Crippen LogP contribution in [0.2, 0.25) is 0 Å². The number of methoxy groups -OCH3 is 2. The molecule has 1 aliphatic carbocycles. The van der Waals surface area contributed by atoms with E-state index in [1.165, 1.54) is 11.3 Å². The number of benzene rings is 1. The summed E-state index contributed by atoms with van der Waals surface area (Å²) in [6.45, 7) is 4.66. The minimum atomic E-state index is -0.355. The maximum absolute atomic E-state index is 13.1. The van der Waals surface area contributed by atoms with Crippen LogP contribution in [0.25, 0.3) is 0 Å². The van der Waals surface area contributed by atoms with Crippen molar-refractivity contribution in [3.8, 4) is 11.5 Å². The Hall–Kier alpha value is -1.93. The number of hydrogen-bond donors (Lipinski definition) is 0. The van der Waals surface area contributed by atoms with Gasteiger partial charge in [-0.1, -0.05) is 0 Å². The van der Waals surface area contributed by atoms with Crippen LogP contribution in [-0.4, -0.2) is 45.3 Å². The van der Waals surface area contributed by atoms with Gasteiger partial charge in [-0.3, -0.25) is 4.79 Å². The summed E-state index contributed by atoms with van der Waals surface area (Å²) in [7, 11) is 3.23. The van der Waals surface area contributed by atoms with E-state index >= 15 is 0 Å². The number of thiophene rings is 1. The molecule has 0 N–H and O–H groups in total. The van der Waals surface area contributed by atoms with Crippen molar-refractivity contribution in [1.29, 1.82) is 0 Å². The number of carbonyl (C=O) groups excluding carboxylic acids is 1. The number of fused-ring (bicyclic) bond motifs is 3. The Morgan fingerprint density at radius 1 is 1.16 bits per heavy atom. The summed E-state index contributed by atoms with van der Waals surface area (Å²) >= 11 is 1.50. The lowest BCUT2D eigenvalue weighted by molar-refractivity contribution is -0.105. The Morgan fingerprint density at radius 3 is 2.68 bits per heavy atom. The van der Waals surface area contributed by atoms with Gasteiger partial charge >= 0.3 is 0 Å². The second-order valence-corrected chi connectivity index (χ2v) is 9.48. The Morgan fingerprint density at radius 2 is 1.97 bits per heavy atom. The van der Waals surface area contributed by atoms with Gasteiger partial charge in [0.1, 0.15) is 23.9 Å². The molecule has 1 saturated carbocycles. The van der Waals surface area contributed by atoms with Crippen molar-refractivity contribution in [3.63, 3.8) is 0 Å². The minimum Gasteiger partial charge on any atom is -0.487 e. The summed E-state index contributed by atoms with van der Waals surface area (Å²) < 4.78 is 28.7. The zero-order valence-electron chi connectivity index (χ0n) is 18.5. The van der Waals surface area contributed by atoms with Gasteiger partial charge in [-0.05, 0) is 56.7 Å². The van der Waals surface area contributed by atoms with E-state index in [9.17, 15) is 4.79 Å². The molecule has 4 rings (SSSR count). The first-order valence-corrected chi connectivity index (χ1v) is 11.5. The van der Waals surface area contributed by atoms with E-state index < -0.39 is 0 Å². The molecule has 0 bridgehead atoms. The molecule has 0 amide bonds. The van der Waals surface area contributed by atoms with Crippen LogP contribution in [0.5, 0.6) is 11.5 Å². The molecule has 0 unspecified atom stereocenters. The van der Waals surface area contributed by atoms with Crippen LogP contribution < -0.4 is 9.47 Å². The SMILES string of the molecule is COCOc1cc(C(=O)c2ccsc2)cc2c1[C@@H]1C[C@H](OCOC)CC[C@H]1C(C)(C)O2. The summed E-state index contributed by atoms with van der Waals surface area (Å²) in [5.74, 6) is 1.85. The van der Waals surface area contributed by atoms with Gasteiger partial charge in [-0.15, -0.1) is 0 Å². The van der Waals surface area contributed by atoms with E-state index in [-0.39, 0.29) is 37.0 Å². The molecule has 1 aliphatic heterocycles. The van der Waals surface area contributed by atoms with Crippen LogP contribution >= 0.6 is 11.3 Å². The fourth-order valence-corrected chi connectivity index (χ4v) is 5.58. The monoisotopic (exact) mass is 446 g/mol. The maximum atomic E-state index is 13.1. The van der Waals surface area contributed by atoms with Gasteiger partial charge in [0.05, 0.1) is 6.10 Å². The lowest BCUT2D eigenvalue weighted by Crippen LogP contribution is -2.48. The van der Waals surface area contributed by atoms with Crippen molar-refractivity contribution in [1.82, 2.24) is 0 Å². The molecule has 7 heteroatoms. The number of ketones is 1.